The minimum Gasteiger partial charge on any atom is -0.466 e. The van der Waals surface area contributed by atoms with E-state index in [0.29, 0.717) is 5.02 Å². The maximum absolute atomic E-state index is 12.8. The minimum absolute atomic E-state index is 0.0317. The molecule has 1 aromatic heterocycles. The Morgan fingerprint density at radius 1 is 1.19 bits per heavy atom. The van der Waals surface area contributed by atoms with Crippen molar-refractivity contribution in [1.29, 1.82) is 0 Å². The van der Waals surface area contributed by atoms with E-state index in [2.05, 4.69) is 4.90 Å². The van der Waals surface area contributed by atoms with Crippen LogP contribution in [0.1, 0.15) is 24.8 Å². The monoisotopic (exact) mass is 302 g/mol. The van der Waals surface area contributed by atoms with E-state index in [1.807, 2.05) is 41.3 Å². The zero-order chi connectivity index (χ0) is 14.4. The Morgan fingerprint density at radius 3 is 2.71 bits per heavy atom. The molecule has 4 rings (SSSR count). The van der Waals surface area contributed by atoms with E-state index in [0.717, 1.165) is 30.8 Å². The Balaban J connectivity index is 1.79. The maximum atomic E-state index is 12.8. The molecule has 2 aliphatic heterocycles. The predicted molar refractivity (Wildman–Crippen MR) is 80.1 cm³/mol. The average Bonchev–Trinajstić information content (AvgIpc) is 3.19. The molecule has 2 saturated heterocycles. The maximum Gasteiger partial charge on any atom is 0.246 e. The lowest BCUT2D eigenvalue weighted by molar-refractivity contribution is -0.119. The first-order valence-electron chi connectivity index (χ1n) is 7.13. The zero-order valence-corrected chi connectivity index (χ0v) is 12.2. The van der Waals surface area contributed by atoms with Crippen molar-refractivity contribution < 1.29 is 9.21 Å². The third-order valence-electron chi connectivity index (χ3n) is 4.28. The van der Waals surface area contributed by atoms with Crippen molar-refractivity contribution in [3.63, 3.8) is 0 Å². The smallest absolute Gasteiger partial charge is 0.246 e. The lowest BCUT2D eigenvalue weighted by Crippen LogP contribution is -2.31. The normalized spacial score (nSPS) is 25.6. The molecule has 5 heteroatoms. The molecule has 2 atom stereocenters. The third kappa shape index (κ3) is 1.98. The number of furan rings is 1. The molecule has 1 amide bonds. The number of carbonyl (C=O) groups is 1. The Hall–Kier alpha value is -1.78. The Morgan fingerprint density at radius 2 is 2.00 bits per heavy atom. The second kappa shape index (κ2) is 4.90. The third-order valence-corrected chi connectivity index (χ3v) is 4.53. The zero-order valence-electron chi connectivity index (χ0n) is 11.4. The van der Waals surface area contributed by atoms with E-state index < -0.39 is 0 Å². The molecule has 0 bridgehead atoms. The van der Waals surface area contributed by atoms with Crippen LogP contribution in [0.4, 0.5) is 5.69 Å². The van der Waals surface area contributed by atoms with Crippen LogP contribution in [0.2, 0.25) is 5.02 Å². The van der Waals surface area contributed by atoms with Gasteiger partial charge in [0.2, 0.25) is 5.91 Å². The summed E-state index contributed by atoms with van der Waals surface area (Å²) in [6.45, 7) is 0.922. The van der Waals surface area contributed by atoms with Crippen molar-refractivity contribution in [2.45, 2.75) is 25.0 Å². The highest BCUT2D eigenvalue weighted by Gasteiger charge is 2.50. The van der Waals surface area contributed by atoms with Gasteiger partial charge in [-0.25, -0.2) is 0 Å². The molecule has 0 spiro atoms. The van der Waals surface area contributed by atoms with E-state index in [4.69, 9.17) is 16.0 Å². The fraction of sp³-hybridized carbons (Fsp3) is 0.312. The molecule has 0 unspecified atom stereocenters. The van der Waals surface area contributed by atoms with Crippen LogP contribution >= 0.6 is 11.6 Å². The first-order chi connectivity index (χ1) is 10.3. The highest BCUT2D eigenvalue weighted by molar-refractivity contribution is 6.30. The number of halogens is 1. The number of rotatable bonds is 2. The molecular formula is C16H15ClN2O2. The topological polar surface area (TPSA) is 36.7 Å². The quantitative estimate of drug-likeness (QED) is 0.852. The fourth-order valence-electron chi connectivity index (χ4n) is 3.38. The number of carbonyl (C=O) groups excluding carboxylic acids is 1. The molecule has 2 aromatic rings. The lowest BCUT2D eigenvalue weighted by Gasteiger charge is -2.27. The minimum atomic E-state index is -0.152. The molecular weight excluding hydrogens is 288 g/mol. The number of nitrogens with zero attached hydrogens (tertiary/aromatic N) is 2. The van der Waals surface area contributed by atoms with Gasteiger partial charge in [0, 0.05) is 17.3 Å². The largest absolute Gasteiger partial charge is 0.466 e. The number of anilines is 1. The summed E-state index contributed by atoms with van der Waals surface area (Å²) >= 11 is 5.95. The Labute approximate surface area is 127 Å². The second-order valence-electron chi connectivity index (χ2n) is 5.47. The molecule has 1 aromatic carbocycles. The highest BCUT2D eigenvalue weighted by Crippen LogP contribution is 2.42. The van der Waals surface area contributed by atoms with Crippen molar-refractivity contribution in [1.82, 2.24) is 4.90 Å². The van der Waals surface area contributed by atoms with Crippen LogP contribution in [0.5, 0.6) is 0 Å². The molecule has 21 heavy (non-hydrogen) atoms. The summed E-state index contributed by atoms with van der Waals surface area (Å²) < 4.78 is 5.59. The van der Waals surface area contributed by atoms with Gasteiger partial charge in [-0.1, -0.05) is 11.6 Å². The van der Waals surface area contributed by atoms with Gasteiger partial charge in [0.05, 0.1) is 12.3 Å². The molecule has 4 nitrogen and oxygen atoms in total. The summed E-state index contributed by atoms with van der Waals surface area (Å²) in [6.07, 6.45) is 3.48. The van der Waals surface area contributed by atoms with E-state index in [1.165, 1.54) is 0 Å². The fourth-order valence-corrected chi connectivity index (χ4v) is 3.50. The van der Waals surface area contributed by atoms with E-state index in [1.54, 1.807) is 6.26 Å². The van der Waals surface area contributed by atoms with Crippen LogP contribution in [0.15, 0.2) is 47.1 Å². The molecule has 0 saturated carbocycles. The first-order valence-corrected chi connectivity index (χ1v) is 7.51. The first kappa shape index (κ1) is 12.9. The number of amides is 1. The van der Waals surface area contributed by atoms with Gasteiger partial charge in [0.25, 0.3) is 0 Å². The van der Waals surface area contributed by atoms with Gasteiger partial charge in [-0.15, -0.1) is 0 Å². The van der Waals surface area contributed by atoms with Crippen LogP contribution in [0.3, 0.4) is 0 Å². The summed E-state index contributed by atoms with van der Waals surface area (Å²) in [6, 6.07) is 11.2. The number of hydrogen-bond acceptors (Lipinski definition) is 3. The molecule has 2 aliphatic rings. The predicted octanol–water partition coefficient (Wildman–Crippen LogP) is 3.44. The van der Waals surface area contributed by atoms with Crippen molar-refractivity contribution in [3.8, 4) is 0 Å². The standard InChI is InChI=1S/C16H15ClN2O2/c17-11-5-7-12(8-6-11)19-15(14-4-2-10-21-14)18-9-1-3-13(18)16(19)20/h2,4-8,10,13,15H,1,3,9H2/t13-,15+/m1/s1. The number of hydrogen-bond donors (Lipinski definition) is 0. The molecule has 2 fully saturated rings. The van der Waals surface area contributed by atoms with Gasteiger partial charge in [-0.3, -0.25) is 14.6 Å². The van der Waals surface area contributed by atoms with Crippen molar-refractivity contribution >= 4 is 23.2 Å². The molecule has 108 valence electrons. The summed E-state index contributed by atoms with van der Waals surface area (Å²) in [5.41, 5.74) is 0.861. The molecule has 3 heterocycles. The molecule has 0 N–H and O–H groups in total. The van der Waals surface area contributed by atoms with E-state index in [-0.39, 0.29) is 18.1 Å². The highest BCUT2D eigenvalue weighted by atomic mass is 35.5. The number of benzene rings is 1. The van der Waals surface area contributed by atoms with Crippen LogP contribution in [0.25, 0.3) is 0 Å². The summed E-state index contributed by atoms with van der Waals surface area (Å²) in [4.78, 5) is 16.9. The van der Waals surface area contributed by atoms with Crippen LogP contribution in [-0.2, 0) is 4.79 Å². The van der Waals surface area contributed by atoms with Crippen LogP contribution in [-0.4, -0.2) is 23.4 Å². The van der Waals surface area contributed by atoms with Gasteiger partial charge >= 0.3 is 0 Å². The van der Waals surface area contributed by atoms with Crippen molar-refractivity contribution in [2.24, 2.45) is 0 Å². The Bertz CT molecular complexity index is 653. The van der Waals surface area contributed by atoms with Gasteiger partial charge < -0.3 is 4.42 Å². The van der Waals surface area contributed by atoms with Crippen molar-refractivity contribution in [2.75, 3.05) is 11.4 Å². The Kier molecular flexibility index (Phi) is 3.01. The SMILES string of the molecule is O=C1[C@H]2CCCN2[C@H](c2ccco2)N1c1ccc(Cl)cc1. The van der Waals surface area contributed by atoms with Crippen molar-refractivity contribution in [3.05, 3.63) is 53.4 Å². The van der Waals surface area contributed by atoms with Crippen LogP contribution < -0.4 is 4.90 Å². The van der Waals surface area contributed by atoms with Gasteiger partial charge in [-0.05, 0) is 49.2 Å². The van der Waals surface area contributed by atoms with Crippen LogP contribution in [0, 0.1) is 0 Å². The molecule has 0 radical (unpaired) electrons. The van der Waals surface area contributed by atoms with Gasteiger partial charge in [-0.2, -0.15) is 0 Å². The second-order valence-corrected chi connectivity index (χ2v) is 5.91. The average molecular weight is 303 g/mol. The van der Waals surface area contributed by atoms with E-state index in [9.17, 15) is 4.79 Å². The summed E-state index contributed by atoms with van der Waals surface area (Å²) in [5, 5.41) is 0.667. The lowest BCUT2D eigenvalue weighted by atomic mass is 10.2. The van der Waals surface area contributed by atoms with E-state index >= 15 is 0 Å². The van der Waals surface area contributed by atoms with Gasteiger partial charge in [0.1, 0.15) is 11.9 Å². The summed E-state index contributed by atoms with van der Waals surface area (Å²) in [5.74, 6) is 0.957. The molecule has 0 aliphatic carbocycles. The number of fused-ring (bicyclic) bond motifs is 1. The summed E-state index contributed by atoms with van der Waals surface area (Å²) in [7, 11) is 0. The van der Waals surface area contributed by atoms with Gasteiger partial charge in [0.15, 0.2) is 0 Å².